The highest BCUT2D eigenvalue weighted by atomic mass is 79.9. The molecule has 0 aliphatic heterocycles. The van der Waals surface area contributed by atoms with Gasteiger partial charge in [0.2, 0.25) is 0 Å². The lowest BCUT2D eigenvalue weighted by Crippen LogP contribution is -2.00. The van der Waals surface area contributed by atoms with E-state index in [1.165, 1.54) is 5.56 Å². The van der Waals surface area contributed by atoms with E-state index in [-0.39, 0.29) is 5.56 Å². The van der Waals surface area contributed by atoms with Crippen LogP contribution in [-0.2, 0) is 13.0 Å². The first-order valence-electron chi connectivity index (χ1n) is 6.83. The minimum Gasteiger partial charge on any atom is -0.489 e. The fraction of sp³-hybridized carbons (Fsp3) is 0.235. The van der Waals surface area contributed by atoms with E-state index in [0.717, 1.165) is 28.6 Å². The van der Waals surface area contributed by atoms with E-state index in [9.17, 15) is 4.79 Å². The Bertz CT molecular complexity index is 620. The quantitative estimate of drug-likeness (QED) is 0.824. The molecule has 0 fully saturated rings. The van der Waals surface area contributed by atoms with Crippen molar-refractivity contribution >= 4 is 21.9 Å². The zero-order valence-electron chi connectivity index (χ0n) is 11.8. The molecule has 0 atom stereocenters. The smallest absolute Gasteiger partial charge is 0.335 e. The fourth-order valence-electron chi connectivity index (χ4n) is 2.00. The fourth-order valence-corrected chi connectivity index (χ4v) is 2.49. The van der Waals surface area contributed by atoms with E-state index in [4.69, 9.17) is 9.84 Å². The number of halogens is 1. The summed E-state index contributed by atoms with van der Waals surface area (Å²) >= 11 is 3.38. The summed E-state index contributed by atoms with van der Waals surface area (Å²) in [6.07, 6.45) is 2.20. The van der Waals surface area contributed by atoms with E-state index >= 15 is 0 Å². The molecule has 0 aliphatic rings. The highest BCUT2D eigenvalue weighted by Gasteiger charge is 2.07. The zero-order valence-corrected chi connectivity index (χ0v) is 13.4. The van der Waals surface area contributed by atoms with Crippen molar-refractivity contribution < 1.29 is 14.6 Å². The van der Waals surface area contributed by atoms with Crippen molar-refractivity contribution in [1.29, 1.82) is 0 Å². The first kappa shape index (κ1) is 15.6. The predicted octanol–water partition coefficient (Wildman–Crippen LogP) is 4.68. The molecule has 4 heteroatoms. The molecule has 0 radical (unpaired) electrons. The summed E-state index contributed by atoms with van der Waals surface area (Å²) in [5.41, 5.74) is 2.48. The molecule has 0 spiro atoms. The van der Waals surface area contributed by atoms with E-state index < -0.39 is 5.97 Å². The van der Waals surface area contributed by atoms with Crippen LogP contribution in [0.25, 0.3) is 0 Å². The number of hydrogen-bond donors (Lipinski definition) is 1. The topological polar surface area (TPSA) is 46.5 Å². The normalized spacial score (nSPS) is 10.4. The molecule has 0 unspecified atom stereocenters. The molecule has 0 amide bonds. The van der Waals surface area contributed by atoms with Crippen molar-refractivity contribution in [1.82, 2.24) is 0 Å². The molecule has 2 aromatic carbocycles. The molecule has 0 saturated heterocycles. The standard InChI is InChI=1S/C17H17BrO3/c1-2-3-12-4-8-15(9-5-12)21-11-14-7-6-13(17(19)20)10-16(14)18/h4-10H,2-3,11H2,1H3,(H,19,20). The molecule has 0 saturated carbocycles. The van der Waals surface area contributed by atoms with Crippen LogP contribution in [0.1, 0.15) is 34.8 Å². The monoisotopic (exact) mass is 348 g/mol. The van der Waals surface area contributed by atoms with E-state index in [2.05, 4.69) is 35.0 Å². The maximum Gasteiger partial charge on any atom is 0.335 e. The maximum atomic E-state index is 10.9. The number of carboxylic acids is 1. The van der Waals surface area contributed by atoms with Gasteiger partial charge in [-0.1, -0.05) is 47.5 Å². The lowest BCUT2D eigenvalue weighted by molar-refractivity contribution is 0.0696. The predicted molar refractivity (Wildman–Crippen MR) is 85.9 cm³/mol. The van der Waals surface area contributed by atoms with Gasteiger partial charge in [-0.25, -0.2) is 4.79 Å². The van der Waals surface area contributed by atoms with Crippen molar-refractivity contribution in [2.75, 3.05) is 0 Å². The van der Waals surface area contributed by atoms with Gasteiger partial charge in [-0.15, -0.1) is 0 Å². The van der Waals surface area contributed by atoms with Crippen LogP contribution in [0.5, 0.6) is 5.75 Å². The van der Waals surface area contributed by atoms with Gasteiger partial charge in [0.05, 0.1) is 5.56 Å². The molecule has 21 heavy (non-hydrogen) atoms. The van der Waals surface area contributed by atoms with E-state index in [0.29, 0.717) is 6.61 Å². The highest BCUT2D eigenvalue weighted by Crippen LogP contribution is 2.21. The molecule has 2 aromatic rings. The van der Waals surface area contributed by atoms with Crippen molar-refractivity contribution in [2.24, 2.45) is 0 Å². The first-order valence-corrected chi connectivity index (χ1v) is 7.63. The number of hydrogen-bond acceptors (Lipinski definition) is 2. The SMILES string of the molecule is CCCc1ccc(OCc2ccc(C(=O)O)cc2Br)cc1. The molecule has 110 valence electrons. The van der Waals surface area contributed by atoms with Gasteiger partial charge in [0, 0.05) is 10.0 Å². The van der Waals surface area contributed by atoms with Crippen molar-refractivity contribution in [3.63, 3.8) is 0 Å². The minimum atomic E-state index is -0.935. The molecule has 1 N–H and O–H groups in total. The van der Waals surface area contributed by atoms with Gasteiger partial charge in [0.25, 0.3) is 0 Å². The minimum absolute atomic E-state index is 0.259. The second kappa shape index (κ2) is 7.27. The Kier molecular flexibility index (Phi) is 5.39. The third-order valence-corrected chi connectivity index (χ3v) is 3.89. The number of carboxylic acid groups (broad SMARTS) is 1. The number of rotatable bonds is 6. The molecule has 3 nitrogen and oxygen atoms in total. The second-order valence-electron chi connectivity index (χ2n) is 4.79. The van der Waals surface area contributed by atoms with Crippen molar-refractivity contribution in [3.8, 4) is 5.75 Å². The molecule has 0 heterocycles. The number of carbonyl (C=O) groups is 1. The maximum absolute atomic E-state index is 10.9. The third kappa shape index (κ3) is 4.33. The van der Waals surface area contributed by atoms with E-state index in [1.54, 1.807) is 18.2 Å². The van der Waals surface area contributed by atoms with Crippen LogP contribution in [0.15, 0.2) is 46.9 Å². The summed E-state index contributed by atoms with van der Waals surface area (Å²) < 4.78 is 6.47. The van der Waals surface area contributed by atoms with Crippen LogP contribution >= 0.6 is 15.9 Å². The Morgan fingerprint density at radius 3 is 2.48 bits per heavy atom. The van der Waals surface area contributed by atoms with Crippen LogP contribution < -0.4 is 4.74 Å². The van der Waals surface area contributed by atoms with Gasteiger partial charge in [0.15, 0.2) is 0 Å². The number of aromatic carboxylic acids is 1. The first-order chi connectivity index (χ1) is 10.1. The Morgan fingerprint density at radius 1 is 1.19 bits per heavy atom. The number of aryl methyl sites for hydroxylation is 1. The summed E-state index contributed by atoms with van der Waals surface area (Å²) in [7, 11) is 0. The summed E-state index contributed by atoms with van der Waals surface area (Å²) in [6.45, 7) is 2.55. The lowest BCUT2D eigenvalue weighted by atomic mass is 10.1. The van der Waals surface area contributed by atoms with Crippen LogP contribution in [-0.4, -0.2) is 11.1 Å². The summed E-state index contributed by atoms with van der Waals surface area (Å²) in [6, 6.07) is 13.0. The van der Waals surface area contributed by atoms with Gasteiger partial charge in [-0.3, -0.25) is 0 Å². The Hall–Kier alpha value is -1.81. The van der Waals surface area contributed by atoms with Crippen molar-refractivity contribution in [3.05, 3.63) is 63.6 Å². The molecular formula is C17H17BrO3. The van der Waals surface area contributed by atoms with Gasteiger partial charge in [-0.2, -0.15) is 0 Å². The Labute approximate surface area is 132 Å². The Balaban J connectivity index is 2.01. The van der Waals surface area contributed by atoms with Crippen LogP contribution in [0, 0.1) is 0 Å². The lowest BCUT2D eigenvalue weighted by Gasteiger charge is -2.09. The van der Waals surface area contributed by atoms with Crippen molar-refractivity contribution in [2.45, 2.75) is 26.4 Å². The molecular weight excluding hydrogens is 332 g/mol. The molecule has 2 rings (SSSR count). The highest BCUT2D eigenvalue weighted by molar-refractivity contribution is 9.10. The van der Waals surface area contributed by atoms with Crippen LogP contribution in [0.4, 0.5) is 0 Å². The van der Waals surface area contributed by atoms with Gasteiger partial charge in [0.1, 0.15) is 12.4 Å². The molecule has 0 aromatic heterocycles. The number of ether oxygens (including phenoxy) is 1. The summed E-state index contributed by atoms with van der Waals surface area (Å²) in [5, 5.41) is 8.93. The molecule has 0 aliphatic carbocycles. The van der Waals surface area contributed by atoms with Crippen LogP contribution in [0.2, 0.25) is 0 Å². The van der Waals surface area contributed by atoms with Gasteiger partial charge < -0.3 is 9.84 Å². The average Bonchev–Trinajstić information content (AvgIpc) is 2.47. The number of benzene rings is 2. The van der Waals surface area contributed by atoms with Gasteiger partial charge in [-0.05, 0) is 36.2 Å². The molecule has 0 bridgehead atoms. The summed E-state index contributed by atoms with van der Waals surface area (Å²) in [5.74, 6) is -0.126. The van der Waals surface area contributed by atoms with Crippen LogP contribution in [0.3, 0.4) is 0 Å². The average molecular weight is 349 g/mol. The third-order valence-electron chi connectivity index (χ3n) is 3.16. The second-order valence-corrected chi connectivity index (χ2v) is 5.65. The van der Waals surface area contributed by atoms with E-state index in [1.807, 2.05) is 12.1 Å². The van der Waals surface area contributed by atoms with Gasteiger partial charge >= 0.3 is 5.97 Å². The zero-order chi connectivity index (χ0) is 15.2. The summed E-state index contributed by atoms with van der Waals surface area (Å²) in [4.78, 5) is 10.9. The largest absolute Gasteiger partial charge is 0.489 e. The Morgan fingerprint density at radius 2 is 1.90 bits per heavy atom.